The summed E-state index contributed by atoms with van der Waals surface area (Å²) in [5, 5.41) is 4.10. The summed E-state index contributed by atoms with van der Waals surface area (Å²) in [5.41, 5.74) is 11.1. The van der Waals surface area contributed by atoms with Gasteiger partial charge in [-0.1, -0.05) is 18.2 Å². The fourth-order valence-corrected chi connectivity index (χ4v) is 2.20. The molecule has 0 aliphatic heterocycles. The first-order valence-electron chi connectivity index (χ1n) is 6.02. The second-order valence-electron chi connectivity index (χ2n) is 4.27. The Morgan fingerprint density at radius 3 is 2.55 bits per heavy atom. The zero-order chi connectivity index (χ0) is 14.5. The molecule has 0 bridgehead atoms. The predicted molar refractivity (Wildman–Crippen MR) is 89.7 cm³/mol. The number of halogens is 1. The number of benzene rings is 2. The largest absolute Gasteiger partial charge is 0.399 e. The molecule has 0 heterocycles. The van der Waals surface area contributed by atoms with Crippen LogP contribution in [0.3, 0.4) is 0 Å². The molecule has 0 saturated carbocycles. The highest BCUT2D eigenvalue weighted by Gasteiger charge is 2.05. The quantitative estimate of drug-likeness (QED) is 0.373. The molecule has 1 amide bonds. The molecule has 0 atom stereocenters. The average Bonchev–Trinajstić information content (AvgIpc) is 2.44. The van der Waals surface area contributed by atoms with Crippen LogP contribution in [0, 0.1) is 3.57 Å². The molecule has 2 rings (SSSR count). The van der Waals surface area contributed by atoms with E-state index < -0.39 is 0 Å². The fraction of sp³-hybridized carbons (Fsp3) is 0.0667. The lowest BCUT2D eigenvalue weighted by Gasteiger charge is -2.04. The Kier molecular flexibility index (Phi) is 4.73. The minimum absolute atomic E-state index is 0.230. The van der Waals surface area contributed by atoms with E-state index in [4.69, 9.17) is 5.73 Å². The molecule has 0 fully saturated rings. The number of hydrazone groups is 1. The molecule has 5 heteroatoms. The molecule has 0 radical (unpaired) electrons. The summed E-state index contributed by atoms with van der Waals surface area (Å²) < 4.78 is 1.01. The lowest BCUT2D eigenvalue weighted by molar-refractivity contribution is 0.0955. The molecule has 4 nitrogen and oxygen atoms in total. The first-order chi connectivity index (χ1) is 9.56. The Morgan fingerprint density at radius 2 is 1.85 bits per heavy atom. The van der Waals surface area contributed by atoms with E-state index in [1.165, 1.54) is 0 Å². The van der Waals surface area contributed by atoms with Gasteiger partial charge in [0.1, 0.15) is 0 Å². The predicted octanol–water partition coefficient (Wildman–Crippen LogP) is 3.03. The summed E-state index contributed by atoms with van der Waals surface area (Å²) >= 11 is 2.16. The van der Waals surface area contributed by atoms with Crippen LogP contribution in [-0.2, 0) is 0 Å². The molecule has 0 unspecified atom stereocenters. The molecular weight excluding hydrogens is 365 g/mol. The van der Waals surface area contributed by atoms with Gasteiger partial charge in [-0.2, -0.15) is 5.10 Å². The number of hydrogen-bond acceptors (Lipinski definition) is 3. The first-order valence-corrected chi connectivity index (χ1v) is 7.10. The maximum Gasteiger partial charge on any atom is 0.271 e. The van der Waals surface area contributed by atoms with Crippen LogP contribution < -0.4 is 11.2 Å². The van der Waals surface area contributed by atoms with Crippen molar-refractivity contribution in [3.05, 3.63) is 63.2 Å². The molecule has 0 aliphatic carbocycles. The number of anilines is 1. The highest BCUT2D eigenvalue weighted by atomic mass is 127. The number of hydrogen-bond donors (Lipinski definition) is 2. The second-order valence-corrected chi connectivity index (χ2v) is 5.52. The Morgan fingerprint density at radius 1 is 1.15 bits per heavy atom. The van der Waals surface area contributed by atoms with Crippen LogP contribution in [0.25, 0.3) is 0 Å². The zero-order valence-electron chi connectivity index (χ0n) is 10.9. The maximum atomic E-state index is 12.0. The van der Waals surface area contributed by atoms with Crippen LogP contribution in [0.5, 0.6) is 0 Å². The molecule has 3 N–H and O–H groups in total. The summed E-state index contributed by atoms with van der Waals surface area (Å²) in [6.07, 6.45) is 0. The molecule has 0 aromatic heterocycles. The van der Waals surface area contributed by atoms with Crippen molar-refractivity contribution in [1.82, 2.24) is 5.43 Å². The molecule has 0 aliphatic rings. The van der Waals surface area contributed by atoms with Crippen molar-refractivity contribution < 1.29 is 4.79 Å². The van der Waals surface area contributed by atoms with Crippen LogP contribution >= 0.6 is 22.6 Å². The monoisotopic (exact) mass is 379 g/mol. The second kappa shape index (κ2) is 6.51. The third-order valence-electron chi connectivity index (χ3n) is 2.72. The van der Waals surface area contributed by atoms with Gasteiger partial charge in [-0.15, -0.1) is 0 Å². The van der Waals surface area contributed by atoms with Crippen molar-refractivity contribution in [1.29, 1.82) is 0 Å². The van der Waals surface area contributed by atoms with Gasteiger partial charge in [0.25, 0.3) is 5.91 Å². The summed E-state index contributed by atoms with van der Waals surface area (Å²) in [6, 6.07) is 14.7. The molecule has 2 aromatic carbocycles. The van der Waals surface area contributed by atoms with Gasteiger partial charge in [0.2, 0.25) is 0 Å². The third kappa shape index (κ3) is 3.80. The lowest BCUT2D eigenvalue weighted by Crippen LogP contribution is -2.19. The van der Waals surface area contributed by atoms with Gasteiger partial charge in [0.15, 0.2) is 0 Å². The number of rotatable bonds is 3. The number of nitrogens with one attached hydrogen (secondary N) is 1. The van der Waals surface area contributed by atoms with Gasteiger partial charge in [-0.05, 0) is 65.4 Å². The van der Waals surface area contributed by atoms with Crippen molar-refractivity contribution in [3.8, 4) is 0 Å². The van der Waals surface area contributed by atoms with Crippen molar-refractivity contribution >= 4 is 39.9 Å². The van der Waals surface area contributed by atoms with Crippen LogP contribution in [0.4, 0.5) is 5.69 Å². The average molecular weight is 379 g/mol. The van der Waals surface area contributed by atoms with Crippen LogP contribution in [0.1, 0.15) is 22.8 Å². The Bertz CT molecular complexity index is 668. The van der Waals surface area contributed by atoms with Crippen molar-refractivity contribution in [2.75, 3.05) is 5.73 Å². The molecule has 0 saturated heterocycles. The Hall–Kier alpha value is -1.89. The number of carbonyl (C=O) groups excluding carboxylic acids is 1. The third-order valence-corrected chi connectivity index (χ3v) is 3.39. The van der Waals surface area contributed by atoms with Gasteiger partial charge in [-0.3, -0.25) is 4.79 Å². The van der Waals surface area contributed by atoms with Crippen LogP contribution in [0.2, 0.25) is 0 Å². The van der Waals surface area contributed by atoms with E-state index in [1.807, 2.05) is 37.3 Å². The minimum atomic E-state index is -0.230. The van der Waals surface area contributed by atoms with Gasteiger partial charge in [-0.25, -0.2) is 5.43 Å². The minimum Gasteiger partial charge on any atom is -0.399 e. The summed E-state index contributed by atoms with van der Waals surface area (Å²) in [4.78, 5) is 12.0. The number of nitrogens with zero attached hydrogens (tertiary/aromatic N) is 1. The molecule has 102 valence electrons. The van der Waals surface area contributed by atoms with E-state index in [9.17, 15) is 4.79 Å². The van der Waals surface area contributed by atoms with E-state index in [-0.39, 0.29) is 5.91 Å². The highest BCUT2D eigenvalue weighted by molar-refractivity contribution is 14.1. The molecule has 20 heavy (non-hydrogen) atoms. The normalized spacial score (nSPS) is 11.2. The van der Waals surface area contributed by atoms with Gasteiger partial charge in [0, 0.05) is 14.8 Å². The standard InChI is InChI=1S/C15H14IN3O/c1-10(11-4-3-7-14(17)9-11)18-19-15(20)12-5-2-6-13(16)8-12/h2-9H,17H2,1H3,(H,19,20). The van der Waals surface area contributed by atoms with Crippen molar-refractivity contribution in [3.63, 3.8) is 0 Å². The highest BCUT2D eigenvalue weighted by Crippen LogP contribution is 2.09. The summed E-state index contributed by atoms with van der Waals surface area (Å²) in [5.74, 6) is -0.230. The Balaban J connectivity index is 2.11. The number of nitrogen functional groups attached to an aromatic ring is 1. The van der Waals surface area contributed by atoms with Crippen molar-refractivity contribution in [2.24, 2.45) is 5.10 Å². The first kappa shape index (κ1) is 14.5. The number of amides is 1. The van der Waals surface area contributed by atoms with E-state index in [0.717, 1.165) is 9.13 Å². The number of carbonyl (C=O) groups is 1. The summed E-state index contributed by atoms with van der Waals surface area (Å²) in [6.45, 7) is 1.82. The van der Waals surface area contributed by atoms with Gasteiger partial charge in [0.05, 0.1) is 5.71 Å². The van der Waals surface area contributed by atoms with E-state index in [0.29, 0.717) is 17.0 Å². The Labute approximate surface area is 131 Å². The maximum absolute atomic E-state index is 12.0. The SMILES string of the molecule is CC(=NNC(=O)c1cccc(I)c1)c1cccc(N)c1. The van der Waals surface area contributed by atoms with Crippen LogP contribution in [-0.4, -0.2) is 11.6 Å². The molecule has 0 spiro atoms. The van der Waals surface area contributed by atoms with E-state index in [2.05, 4.69) is 33.1 Å². The van der Waals surface area contributed by atoms with Gasteiger partial charge < -0.3 is 5.73 Å². The van der Waals surface area contributed by atoms with Crippen molar-refractivity contribution in [2.45, 2.75) is 6.92 Å². The van der Waals surface area contributed by atoms with E-state index in [1.54, 1.807) is 18.2 Å². The lowest BCUT2D eigenvalue weighted by atomic mass is 10.1. The fourth-order valence-electron chi connectivity index (χ4n) is 1.66. The molecule has 2 aromatic rings. The zero-order valence-corrected chi connectivity index (χ0v) is 13.1. The van der Waals surface area contributed by atoms with E-state index >= 15 is 0 Å². The summed E-state index contributed by atoms with van der Waals surface area (Å²) in [7, 11) is 0. The smallest absolute Gasteiger partial charge is 0.271 e. The molecular formula is C15H14IN3O. The topological polar surface area (TPSA) is 67.5 Å². The van der Waals surface area contributed by atoms with Gasteiger partial charge >= 0.3 is 0 Å². The number of nitrogens with two attached hydrogens (primary N) is 1. The van der Waals surface area contributed by atoms with Crippen LogP contribution in [0.15, 0.2) is 53.6 Å².